The Kier molecular flexibility index (Phi) is 3.93. The first-order valence-electron chi connectivity index (χ1n) is 9.57. The maximum Gasteiger partial charge on any atom is 0.137 e. The van der Waals surface area contributed by atoms with Crippen molar-refractivity contribution in [1.82, 2.24) is 9.38 Å². The molecule has 3 heteroatoms. The first-order valence-corrected chi connectivity index (χ1v) is 9.57. The van der Waals surface area contributed by atoms with Crippen molar-refractivity contribution in [2.45, 2.75) is 32.3 Å². The largest absolute Gasteiger partial charge is 0.485 e. The predicted molar refractivity (Wildman–Crippen MR) is 108 cm³/mol. The summed E-state index contributed by atoms with van der Waals surface area (Å²) in [4.78, 5) is 4.72. The topological polar surface area (TPSA) is 26.5 Å². The van der Waals surface area contributed by atoms with E-state index in [4.69, 9.17) is 9.72 Å². The maximum atomic E-state index is 6.44. The Labute approximate surface area is 159 Å². The number of pyridine rings is 1. The van der Waals surface area contributed by atoms with E-state index in [9.17, 15) is 0 Å². The average Bonchev–Trinajstić information content (AvgIpc) is 3.14. The number of hydrogen-bond donors (Lipinski definition) is 0. The van der Waals surface area contributed by atoms with Crippen LogP contribution in [-0.2, 0) is 6.42 Å². The minimum atomic E-state index is 0.148. The average molecular weight is 354 g/mol. The maximum absolute atomic E-state index is 6.44. The van der Waals surface area contributed by atoms with Crippen molar-refractivity contribution in [2.24, 2.45) is 0 Å². The molecule has 1 atom stereocenters. The van der Waals surface area contributed by atoms with E-state index in [0.29, 0.717) is 0 Å². The zero-order valence-corrected chi connectivity index (χ0v) is 15.4. The number of hydrogen-bond acceptors (Lipinski definition) is 2. The Morgan fingerprint density at radius 1 is 1.04 bits per heavy atom. The first kappa shape index (κ1) is 16.1. The lowest BCUT2D eigenvalue weighted by molar-refractivity contribution is 0.182. The molecule has 0 saturated heterocycles. The highest BCUT2D eigenvalue weighted by Gasteiger charge is 2.22. The zero-order valence-electron chi connectivity index (χ0n) is 15.4. The van der Waals surface area contributed by atoms with Gasteiger partial charge in [-0.1, -0.05) is 30.3 Å². The zero-order chi connectivity index (χ0) is 18.2. The molecule has 2 heterocycles. The number of nitrogens with zero attached hydrogens (tertiary/aromatic N) is 2. The monoisotopic (exact) mass is 354 g/mol. The van der Waals surface area contributed by atoms with Gasteiger partial charge in [0.1, 0.15) is 17.5 Å². The number of aryl methyl sites for hydroxylation is 2. The molecule has 27 heavy (non-hydrogen) atoms. The van der Waals surface area contributed by atoms with Crippen molar-refractivity contribution in [3.63, 3.8) is 0 Å². The lowest BCUT2D eigenvalue weighted by atomic mass is 9.89. The molecular formula is C24H22N2O. The number of fused-ring (bicyclic) bond motifs is 2. The van der Waals surface area contributed by atoms with E-state index in [0.717, 1.165) is 41.1 Å². The molecule has 0 aliphatic heterocycles. The third kappa shape index (κ3) is 2.99. The summed E-state index contributed by atoms with van der Waals surface area (Å²) < 4.78 is 8.49. The van der Waals surface area contributed by atoms with Crippen molar-refractivity contribution in [3.8, 4) is 17.0 Å². The van der Waals surface area contributed by atoms with Crippen LogP contribution in [0.4, 0.5) is 0 Å². The van der Waals surface area contributed by atoms with Gasteiger partial charge < -0.3 is 9.14 Å². The molecule has 3 nitrogen and oxygen atoms in total. The molecule has 0 N–H and O–H groups in total. The Hall–Kier alpha value is -3.07. The van der Waals surface area contributed by atoms with Gasteiger partial charge in [0.2, 0.25) is 0 Å². The van der Waals surface area contributed by atoms with E-state index < -0.39 is 0 Å². The molecule has 0 spiro atoms. The second kappa shape index (κ2) is 6.58. The van der Waals surface area contributed by atoms with Gasteiger partial charge in [0.05, 0.1) is 5.69 Å². The molecule has 5 rings (SSSR count). The molecule has 0 fully saturated rings. The second-order valence-electron chi connectivity index (χ2n) is 7.27. The normalized spacial score (nSPS) is 16.3. The SMILES string of the molecule is Cc1cc(-c2cn3ccccc3n2)ccc1OC1CCCc2ccccc21. The number of ether oxygens (including phenoxy) is 1. The van der Waals surface area contributed by atoms with Gasteiger partial charge in [-0.3, -0.25) is 0 Å². The predicted octanol–water partition coefficient (Wildman–Crippen LogP) is 5.77. The van der Waals surface area contributed by atoms with Crippen molar-refractivity contribution in [3.05, 3.63) is 89.7 Å². The Morgan fingerprint density at radius 3 is 2.81 bits per heavy atom. The number of rotatable bonds is 3. The molecule has 1 unspecified atom stereocenters. The smallest absolute Gasteiger partial charge is 0.137 e. The Bertz CT molecular complexity index is 1080. The molecule has 0 amide bonds. The lowest BCUT2D eigenvalue weighted by Crippen LogP contribution is -2.15. The molecule has 4 aromatic rings. The van der Waals surface area contributed by atoms with Crippen LogP contribution in [0.3, 0.4) is 0 Å². The van der Waals surface area contributed by atoms with Crippen molar-refractivity contribution >= 4 is 5.65 Å². The summed E-state index contributed by atoms with van der Waals surface area (Å²) in [6.07, 6.45) is 7.65. The summed E-state index contributed by atoms with van der Waals surface area (Å²) in [5, 5.41) is 0. The Morgan fingerprint density at radius 2 is 1.93 bits per heavy atom. The highest BCUT2D eigenvalue weighted by Crippen LogP contribution is 2.35. The highest BCUT2D eigenvalue weighted by atomic mass is 16.5. The second-order valence-corrected chi connectivity index (χ2v) is 7.27. The third-order valence-electron chi connectivity index (χ3n) is 5.42. The molecule has 0 saturated carbocycles. The number of aromatic nitrogens is 2. The van der Waals surface area contributed by atoms with Crippen LogP contribution in [0, 0.1) is 6.92 Å². The van der Waals surface area contributed by atoms with Gasteiger partial charge >= 0.3 is 0 Å². The quantitative estimate of drug-likeness (QED) is 0.467. The van der Waals surface area contributed by atoms with E-state index in [1.165, 1.54) is 17.5 Å². The van der Waals surface area contributed by atoms with E-state index in [1.807, 2.05) is 28.8 Å². The summed E-state index contributed by atoms with van der Waals surface area (Å²) >= 11 is 0. The lowest BCUT2D eigenvalue weighted by Gasteiger charge is -2.27. The van der Waals surface area contributed by atoms with Crippen LogP contribution in [0.15, 0.2) is 73.1 Å². The van der Waals surface area contributed by atoms with Crippen LogP contribution >= 0.6 is 0 Å². The minimum absolute atomic E-state index is 0.148. The number of benzene rings is 2. The number of imidazole rings is 1. The van der Waals surface area contributed by atoms with E-state index in [-0.39, 0.29) is 6.10 Å². The van der Waals surface area contributed by atoms with Crippen LogP contribution in [-0.4, -0.2) is 9.38 Å². The summed E-state index contributed by atoms with van der Waals surface area (Å²) in [6, 6.07) is 21.1. The molecule has 1 aliphatic rings. The molecule has 2 aromatic carbocycles. The fraction of sp³-hybridized carbons (Fsp3) is 0.208. The fourth-order valence-electron chi connectivity index (χ4n) is 4.00. The van der Waals surface area contributed by atoms with Gasteiger partial charge in [-0.25, -0.2) is 4.98 Å². The Balaban J connectivity index is 1.44. The van der Waals surface area contributed by atoms with E-state index >= 15 is 0 Å². The van der Waals surface area contributed by atoms with Crippen molar-refractivity contribution in [2.75, 3.05) is 0 Å². The molecular weight excluding hydrogens is 332 g/mol. The van der Waals surface area contributed by atoms with Gasteiger partial charge in [0, 0.05) is 18.0 Å². The van der Waals surface area contributed by atoms with Crippen LogP contribution in [0.1, 0.15) is 35.6 Å². The van der Waals surface area contributed by atoms with Crippen molar-refractivity contribution < 1.29 is 4.74 Å². The summed E-state index contributed by atoms with van der Waals surface area (Å²) in [6.45, 7) is 2.11. The molecule has 2 aromatic heterocycles. The molecule has 0 radical (unpaired) electrons. The standard InChI is InChI=1S/C24H22N2O/c1-17-15-19(21-16-26-14-5-4-11-24(26)25-21)12-13-22(17)27-23-10-6-8-18-7-2-3-9-20(18)23/h2-5,7,9,11-16,23H,6,8,10H2,1H3. The molecule has 134 valence electrons. The van der Waals surface area contributed by atoms with Gasteiger partial charge in [-0.05, 0) is 73.2 Å². The minimum Gasteiger partial charge on any atom is -0.485 e. The van der Waals surface area contributed by atoms with Crippen LogP contribution in [0.2, 0.25) is 0 Å². The van der Waals surface area contributed by atoms with Gasteiger partial charge in [0.15, 0.2) is 0 Å². The van der Waals surface area contributed by atoms with Crippen LogP contribution in [0.25, 0.3) is 16.9 Å². The highest BCUT2D eigenvalue weighted by molar-refractivity contribution is 5.64. The third-order valence-corrected chi connectivity index (χ3v) is 5.42. The van der Waals surface area contributed by atoms with Gasteiger partial charge in [-0.2, -0.15) is 0 Å². The molecule has 1 aliphatic carbocycles. The van der Waals surface area contributed by atoms with Crippen LogP contribution in [0.5, 0.6) is 5.75 Å². The van der Waals surface area contributed by atoms with Crippen molar-refractivity contribution in [1.29, 1.82) is 0 Å². The summed E-state index contributed by atoms with van der Waals surface area (Å²) in [5.74, 6) is 0.962. The molecule has 0 bridgehead atoms. The first-order chi connectivity index (χ1) is 13.3. The van der Waals surface area contributed by atoms with E-state index in [2.05, 4.69) is 55.6 Å². The summed E-state index contributed by atoms with van der Waals surface area (Å²) in [5.41, 5.74) is 6.98. The van der Waals surface area contributed by atoms with E-state index in [1.54, 1.807) is 0 Å². The van der Waals surface area contributed by atoms with Gasteiger partial charge in [0.25, 0.3) is 0 Å². The summed E-state index contributed by atoms with van der Waals surface area (Å²) in [7, 11) is 0. The fourth-order valence-corrected chi connectivity index (χ4v) is 4.00. The van der Waals surface area contributed by atoms with Crippen LogP contribution < -0.4 is 4.74 Å². The van der Waals surface area contributed by atoms with Gasteiger partial charge in [-0.15, -0.1) is 0 Å².